The minimum atomic E-state index is -0.831. The fourth-order valence-electron chi connectivity index (χ4n) is 6.96. The normalized spacial score (nSPS) is 13.0. The van der Waals surface area contributed by atoms with Crippen LogP contribution in [-0.4, -0.2) is 37.2 Å². The topological polar surface area (TPSA) is 78.9 Å². The molecule has 374 valence electrons. The smallest absolute Gasteiger partial charge is 0.306 e. The molecule has 0 bridgehead atoms. The molecule has 1 atom stereocenters. The predicted molar refractivity (Wildman–Crippen MR) is 283 cm³/mol. The summed E-state index contributed by atoms with van der Waals surface area (Å²) in [4.78, 5) is 38.0. The highest BCUT2D eigenvalue weighted by Crippen LogP contribution is 2.12. The third kappa shape index (κ3) is 51.1. The Hall–Kier alpha value is -3.93. The Morgan fingerprint density at radius 1 is 0.318 bits per heavy atom. The summed E-state index contributed by atoms with van der Waals surface area (Å²) in [7, 11) is 0. The summed E-state index contributed by atoms with van der Waals surface area (Å²) in [6.45, 7) is 6.39. The summed E-state index contributed by atoms with van der Waals surface area (Å²) in [6.07, 6.45) is 72.3. The monoisotopic (exact) mass is 915 g/mol. The first-order chi connectivity index (χ1) is 32.5. The highest BCUT2D eigenvalue weighted by Gasteiger charge is 2.19. The van der Waals surface area contributed by atoms with Gasteiger partial charge in [0.25, 0.3) is 0 Å². The van der Waals surface area contributed by atoms with Crippen molar-refractivity contribution in [3.05, 3.63) is 109 Å². The van der Waals surface area contributed by atoms with E-state index in [9.17, 15) is 14.4 Å². The van der Waals surface area contributed by atoms with Crippen molar-refractivity contribution in [2.75, 3.05) is 13.2 Å². The Kier molecular flexibility index (Phi) is 50.5. The van der Waals surface area contributed by atoms with Crippen LogP contribution >= 0.6 is 0 Å². The number of hydrogen-bond donors (Lipinski definition) is 0. The minimum Gasteiger partial charge on any atom is -0.462 e. The molecule has 0 aromatic carbocycles. The number of esters is 3. The van der Waals surface area contributed by atoms with Crippen LogP contribution in [-0.2, 0) is 28.6 Å². The first-order valence-electron chi connectivity index (χ1n) is 26.9. The third-order valence-electron chi connectivity index (χ3n) is 11.0. The molecule has 6 heteroatoms. The van der Waals surface area contributed by atoms with Crippen molar-refractivity contribution in [3.63, 3.8) is 0 Å². The van der Waals surface area contributed by atoms with E-state index in [0.717, 1.165) is 83.5 Å². The highest BCUT2D eigenvalue weighted by molar-refractivity contribution is 5.71. The Morgan fingerprint density at radius 3 is 1.02 bits per heavy atom. The van der Waals surface area contributed by atoms with Crippen LogP contribution in [0.2, 0.25) is 0 Å². The fourth-order valence-corrected chi connectivity index (χ4v) is 6.96. The van der Waals surface area contributed by atoms with Gasteiger partial charge in [0.15, 0.2) is 6.10 Å². The Labute approximate surface area is 406 Å². The van der Waals surface area contributed by atoms with Gasteiger partial charge in [-0.3, -0.25) is 14.4 Å². The SMILES string of the molecule is CC/C=C\C/C=C\CCCCCCCCCC(=O)OCC(COC(=O)CCC/C=C\C/C=C\C/C=C\C/C=C\CCCCC)OC(=O)CCC/C=C\C/C=C\C/C=C\CCCCCCCC. The summed E-state index contributed by atoms with van der Waals surface area (Å²) in [5.74, 6) is -1.04. The van der Waals surface area contributed by atoms with Crippen LogP contribution in [0.25, 0.3) is 0 Å². The minimum absolute atomic E-state index is 0.121. The number of carbonyl (C=O) groups excluding carboxylic acids is 3. The lowest BCUT2D eigenvalue weighted by molar-refractivity contribution is -0.167. The largest absolute Gasteiger partial charge is 0.462 e. The van der Waals surface area contributed by atoms with Crippen LogP contribution in [0.15, 0.2) is 109 Å². The van der Waals surface area contributed by atoms with Crippen LogP contribution < -0.4 is 0 Å². The quantitative estimate of drug-likeness (QED) is 0.0262. The second kappa shape index (κ2) is 53.7. The molecule has 0 aromatic rings. The standard InChI is InChI=1S/C60H98O6/c1-4-7-10-13-16-19-22-25-28-30-32-35-38-41-44-47-50-53-59(62)65-56-57(55-64-58(61)52-49-46-43-40-37-34-27-24-21-18-15-12-9-6-3)66-60(63)54-51-48-45-42-39-36-33-31-29-26-23-20-17-14-11-8-5-2/h9,12,16,18-19,21,25-26,28-29,32-33,35-36,41-42,44-45,57H,4-8,10-11,13-15,17,20,22-24,27,30-31,34,37-40,43,46-56H2,1-3H3/b12-9-,19-16-,21-18-,28-25-,29-26-,35-32-,36-33-,44-41-,45-42-. The molecule has 66 heavy (non-hydrogen) atoms. The molecule has 0 saturated heterocycles. The number of allylic oxidation sites excluding steroid dienone is 18. The van der Waals surface area contributed by atoms with Crippen LogP contribution in [0.4, 0.5) is 0 Å². The molecule has 0 rings (SSSR count). The lowest BCUT2D eigenvalue weighted by Gasteiger charge is -2.18. The lowest BCUT2D eigenvalue weighted by atomic mass is 10.1. The molecule has 1 unspecified atom stereocenters. The average Bonchev–Trinajstić information content (AvgIpc) is 3.31. The molecule has 0 saturated carbocycles. The molecule has 0 aliphatic carbocycles. The summed E-state index contributed by atoms with van der Waals surface area (Å²) >= 11 is 0. The number of unbranched alkanes of at least 4 members (excludes halogenated alkanes) is 18. The second-order valence-electron chi connectivity index (χ2n) is 17.4. The van der Waals surface area contributed by atoms with Gasteiger partial charge in [0.05, 0.1) is 0 Å². The van der Waals surface area contributed by atoms with Crippen molar-refractivity contribution >= 4 is 17.9 Å². The molecule has 0 aliphatic rings. The molecule has 6 nitrogen and oxygen atoms in total. The number of carbonyl (C=O) groups is 3. The van der Waals surface area contributed by atoms with E-state index in [1.54, 1.807) is 0 Å². The van der Waals surface area contributed by atoms with Gasteiger partial charge in [-0.25, -0.2) is 0 Å². The van der Waals surface area contributed by atoms with E-state index in [2.05, 4.69) is 130 Å². The van der Waals surface area contributed by atoms with Gasteiger partial charge >= 0.3 is 17.9 Å². The first kappa shape index (κ1) is 62.1. The zero-order valence-corrected chi connectivity index (χ0v) is 42.7. The molecule has 0 aliphatic heterocycles. The van der Waals surface area contributed by atoms with E-state index in [-0.39, 0.29) is 44.0 Å². The van der Waals surface area contributed by atoms with Gasteiger partial charge in [-0.05, 0) is 116 Å². The zero-order chi connectivity index (χ0) is 47.9. The molecule has 0 aromatic heterocycles. The fraction of sp³-hybridized carbons (Fsp3) is 0.650. The van der Waals surface area contributed by atoms with E-state index in [1.165, 1.54) is 96.3 Å². The Bertz CT molecular complexity index is 1370. The average molecular weight is 915 g/mol. The van der Waals surface area contributed by atoms with Gasteiger partial charge < -0.3 is 14.2 Å². The van der Waals surface area contributed by atoms with Gasteiger partial charge in [0.2, 0.25) is 0 Å². The third-order valence-corrected chi connectivity index (χ3v) is 11.0. The van der Waals surface area contributed by atoms with Crippen LogP contribution in [0.5, 0.6) is 0 Å². The van der Waals surface area contributed by atoms with Crippen LogP contribution in [0.1, 0.15) is 233 Å². The van der Waals surface area contributed by atoms with Gasteiger partial charge in [0.1, 0.15) is 13.2 Å². The van der Waals surface area contributed by atoms with E-state index in [4.69, 9.17) is 14.2 Å². The molecule has 0 fully saturated rings. The van der Waals surface area contributed by atoms with E-state index >= 15 is 0 Å². The van der Waals surface area contributed by atoms with Crippen LogP contribution in [0, 0.1) is 0 Å². The van der Waals surface area contributed by atoms with Gasteiger partial charge in [-0.15, -0.1) is 0 Å². The van der Waals surface area contributed by atoms with Crippen molar-refractivity contribution in [1.29, 1.82) is 0 Å². The molecule has 0 amide bonds. The zero-order valence-electron chi connectivity index (χ0n) is 42.7. The lowest BCUT2D eigenvalue weighted by Crippen LogP contribution is -2.30. The highest BCUT2D eigenvalue weighted by atomic mass is 16.6. The summed E-state index contributed by atoms with van der Waals surface area (Å²) in [5, 5.41) is 0. The molecule has 0 heterocycles. The summed E-state index contributed by atoms with van der Waals surface area (Å²) in [6, 6.07) is 0. The predicted octanol–water partition coefficient (Wildman–Crippen LogP) is 17.9. The number of rotatable bonds is 47. The Morgan fingerprint density at radius 2 is 0.606 bits per heavy atom. The Balaban J connectivity index is 4.57. The van der Waals surface area contributed by atoms with E-state index in [1.807, 2.05) is 0 Å². The number of hydrogen-bond acceptors (Lipinski definition) is 6. The molecule has 0 spiro atoms. The van der Waals surface area contributed by atoms with Crippen molar-refractivity contribution < 1.29 is 28.6 Å². The second-order valence-corrected chi connectivity index (χ2v) is 17.4. The summed E-state index contributed by atoms with van der Waals surface area (Å²) in [5.41, 5.74) is 0. The van der Waals surface area contributed by atoms with E-state index in [0.29, 0.717) is 19.3 Å². The number of ether oxygens (including phenoxy) is 3. The van der Waals surface area contributed by atoms with Crippen molar-refractivity contribution in [2.24, 2.45) is 0 Å². The molecular weight excluding hydrogens is 817 g/mol. The maximum absolute atomic E-state index is 12.8. The molecule has 0 radical (unpaired) electrons. The maximum Gasteiger partial charge on any atom is 0.306 e. The van der Waals surface area contributed by atoms with Crippen molar-refractivity contribution in [1.82, 2.24) is 0 Å². The first-order valence-corrected chi connectivity index (χ1v) is 26.9. The van der Waals surface area contributed by atoms with Gasteiger partial charge in [0, 0.05) is 19.3 Å². The van der Waals surface area contributed by atoms with E-state index < -0.39 is 6.10 Å². The van der Waals surface area contributed by atoms with Crippen molar-refractivity contribution in [3.8, 4) is 0 Å². The molecular formula is C60H98O6. The van der Waals surface area contributed by atoms with Crippen molar-refractivity contribution in [2.45, 2.75) is 239 Å². The van der Waals surface area contributed by atoms with Crippen LogP contribution in [0.3, 0.4) is 0 Å². The summed E-state index contributed by atoms with van der Waals surface area (Å²) < 4.78 is 16.7. The maximum atomic E-state index is 12.8. The van der Waals surface area contributed by atoms with Gasteiger partial charge in [-0.2, -0.15) is 0 Å². The molecule has 0 N–H and O–H groups in total. The van der Waals surface area contributed by atoms with Gasteiger partial charge in [-0.1, -0.05) is 207 Å².